The maximum absolute atomic E-state index is 13.7. The summed E-state index contributed by atoms with van der Waals surface area (Å²) in [6.07, 6.45) is -10.5. The maximum atomic E-state index is 13.7. The van der Waals surface area contributed by atoms with Crippen molar-refractivity contribution in [3.8, 4) is 0 Å². The molecule has 398 valence electrons. The topological polar surface area (TPSA) is 158 Å². The summed E-state index contributed by atoms with van der Waals surface area (Å²) < 4.78 is 69.2. The number of rotatable bonds is 26. The van der Waals surface area contributed by atoms with Crippen molar-refractivity contribution >= 4 is 5.97 Å². The molecule has 0 N–H and O–H groups in total. The molecule has 77 heavy (non-hydrogen) atoms. The highest BCUT2D eigenvalue weighted by atomic mass is 16.7. The summed E-state index contributed by atoms with van der Waals surface area (Å²) in [6, 6.07) is 67.1. The number of benzene rings is 7. The quantitative estimate of drug-likeness (QED) is 0.0220. The Hall–Kier alpha value is -7.04. The molecule has 1 saturated heterocycles. The third kappa shape index (κ3) is 15.8. The predicted molar refractivity (Wildman–Crippen MR) is 288 cm³/mol. The number of carbonyl (C=O) groups is 1. The van der Waals surface area contributed by atoms with Crippen LogP contribution in [0, 0.1) is 0 Å². The lowest BCUT2D eigenvalue weighted by atomic mass is 9.83. The van der Waals surface area contributed by atoms with Crippen molar-refractivity contribution in [3.05, 3.63) is 262 Å². The first-order valence-corrected chi connectivity index (χ1v) is 26.1. The van der Waals surface area contributed by atoms with Crippen molar-refractivity contribution in [2.45, 2.75) is 120 Å². The molecule has 9 rings (SSSR count). The van der Waals surface area contributed by atoms with E-state index in [9.17, 15) is 10.3 Å². The van der Waals surface area contributed by atoms with Crippen molar-refractivity contribution in [2.24, 2.45) is 5.11 Å². The summed E-state index contributed by atoms with van der Waals surface area (Å²) in [6.45, 7) is 2.46. The molecule has 0 aromatic heterocycles. The minimum Gasteiger partial charge on any atom is -0.457 e. The fraction of sp³-hybridized carbons (Fsp3) is 0.317. The highest BCUT2D eigenvalue weighted by Gasteiger charge is 2.58. The molecule has 1 aliphatic carbocycles. The first-order valence-electron chi connectivity index (χ1n) is 26.1. The Labute approximate surface area is 450 Å². The van der Waals surface area contributed by atoms with Gasteiger partial charge < -0.3 is 47.4 Å². The average molecular weight is 1040 g/mol. The summed E-state index contributed by atoms with van der Waals surface area (Å²) in [7, 11) is 0. The molecule has 2 fully saturated rings. The summed E-state index contributed by atoms with van der Waals surface area (Å²) in [4.78, 5) is 17.1. The Morgan fingerprint density at radius 2 is 0.714 bits per heavy atom. The Kier molecular flexibility index (Phi) is 20.6. The zero-order chi connectivity index (χ0) is 52.9. The van der Waals surface area contributed by atoms with E-state index in [0.29, 0.717) is 0 Å². The smallest absolute Gasteiger partial charge is 0.303 e. The molecule has 14 heteroatoms. The van der Waals surface area contributed by atoms with Gasteiger partial charge in [0.2, 0.25) is 0 Å². The SMILES string of the molecule is CC(=O)O[C@H]1[C@@H](OCc2ccccc2)[C@H](OCc2ccccc2)[C@H](OCc2ccccc2)[C@@H](OCc2ccccc2)[C@@H]1O[C@H]1O[C@H](COCc2ccccc2)[C@@H](OCc2ccccc2)[C@H](OCc2ccccc2)[C@H]1N=[N+]=[N-]. The van der Waals surface area contributed by atoms with Gasteiger partial charge in [-0.05, 0) is 44.5 Å². The Bertz CT molecular complexity index is 2840. The first-order chi connectivity index (χ1) is 38.0. The third-order valence-electron chi connectivity index (χ3n) is 13.4. The van der Waals surface area contributed by atoms with E-state index >= 15 is 0 Å². The minimum absolute atomic E-state index is 0.0232. The lowest BCUT2D eigenvalue weighted by Crippen LogP contribution is -2.69. The molecular formula is C63H65N3O11. The average Bonchev–Trinajstić information content (AvgIpc) is 3.48. The highest BCUT2D eigenvalue weighted by Crippen LogP contribution is 2.39. The van der Waals surface area contributed by atoms with Gasteiger partial charge in [0.05, 0.1) is 52.9 Å². The van der Waals surface area contributed by atoms with Gasteiger partial charge in [-0.15, -0.1) is 0 Å². The van der Waals surface area contributed by atoms with Crippen LogP contribution in [0.3, 0.4) is 0 Å². The zero-order valence-corrected chi connectivity index (χ0v) is 43.0. The van der Waals surface area contributed by atoms with E-state index in [2.05, 4.69) is 10.0 Å². The molecule has 2 aliphatic rings. The summed E-state index contributed by atoms with van der Waals surface area (Å²) in [5.74, 6) is -0.606. The number of nitrogens with zero attached hydrogens (tertiary/aromatic N) is 3. The molecule has 0 unspecified atom stereocenters. The molecule has 1 aliphatic heterocycles. The fourth-order valence-electron chi connectivity index (χ4n) is 9.70. The van der Waals surface area contributed by atoms with Crippen LogP contribution >= 0.6 is 0 Å². The lowest BCUT2D eigenvalue weighted by Gasteiger charge is -2.51. The van der Waals surface area contributed by atoms with Crippen molar-refractivity contribution in [2.75, 3.05) is 6.61 Å². The lowest BCUT2D eigenvalue weighted by molar-refractivity contribution is -0.339. The van der Waals surface area contributed by atoms with Gasteiger partial charge >= 0.3 is 5.97 Å². The van der Waals surface area contributed by atoms with Crippen molar-refractivity contribution in [1.29, 1.82) is 0 Å². The Balaban J connectivity index is 1.15. The van der Waals surface area contributed by atoms with Crippen molar-refractivity contribution in [3.63, 3.8) is 0 Å². The van der Waals surface area contributed by atoms with Gasteiger partial charge in [0, 0.05) is 11.8 Å². The molecule has 0 radical (unpaired) electrons. The molecule has 14 nitrogen and oxygen atoms in total. The Morgan fingerprint density at radius 3 is 1.05 bits per heavy atom. The van der Waals surface area contributed by atoms with Crippen LogP contribution in [0.5, 0.6) is 0 Å². The standard InChI is InChI=1S/C63H65N3O11/c1-45(67)75-61-59(73-42-51-33-19-7-20-34-51)57(71-40-49-29-15-5-16-30-49)58(72-41-50-31-17-6-18-32-50)60(74-43-52-35-21-8-22-36-52)62(61)77-63-54(65-66-64)56(70-39-48-27-13-4-14-28-48)55(69-38-47-25-11-3-12-26-47)53(76-63)44-68-37-46-23-9-2-10-24-46/h2-36,53-63H,37-44H2,1H3/t53-,54-,55-,56-,57-,58+,59+,60-,61+,62+,63-/m1/s1. The van der Waals surface area contributed by atoms with Crippen LogP contribution in [0.25, 0.3) is 10.4 Å². The Morgan fingerprint density at radius 1 is 0.416 bits per heavy atom. The second-order valence-electron chi connectivity index (χ2n) is 19.0. The molecule has 0 spiro atoms. The van der Waals surface area contributed by atoms with Crippen molar-refractivity contribution < 1.29 is 52.2 Å². The predicted octanol–water partition coefficient (Wildman–Crippen LogP) is 11.4. The van der Waals surface area contributed by atoms with Gasteiger partial charge in [-0.1, -0.05) is 217 Å². The summed E-state index contributed by atoms with van der Waals surface area (Å²) in [5, 5.41) is 4.41. The van der Waals surface area contributed by atoms with Gasteiger partial charge in [-0.2, -0.15) is 0 Å². The molecule has 7 aromatic carbocycles. The van der Waals surface area contributed by atoms with E-state index in [-0.39, 0.29) is 52.9 Å². The number of ether oxygens (including phenoxy) is 10. The van der Waals surface area contributed by atoms with Crippen molar-refractivity contribution in [1.82, 2.24) is 0 Å². The van der Waals surface area contributed by atoms with Gasteiger partial charge in [0.25, 0.3) is 0 Å². The number of esters is 1. The molecule has 1 heterocycles. The molecule has 0 bridgehead atoms. The van der Waals surface area contributed by atoms with E-state index in [1.807, 2.05) is 212 Å². The van der Waals surface area contributed by atoms with Crippen LogP contribution in [-0.2, 0) is 98.4 Å². The minimum atomic E-state index is -1.38. The van der Waals surface area contributed by atoms with E-state index < -0.39 is 73.2 Å². The van der Waals surface area contributed by atoms with Crippen LogP contribution in [0.1, 0.15) is 45.9 Å². The second-order valence-corrected chi connectivity index (χ2v) is 19.0. The largest absolute Gasteiger partial charge is 0.457 e. The van der Waals surface area contributed by atoms with Crippen LogP contribution in [-0.4, -0.2) is 79.8 Å². The molecule has 11 atom stereocenters. The summed E-state index contributed by atoms with van der Waals surface area (Å²) in [5.41, 5.74) is 16.8. The van der Waals surface area contributed by atoms with E-state index in [0.717, 1.165) is 38.9 Å². The number of hydrogen-bond donors (Lipinski definition) is 0. The van der Waals surface area contributed by atoms with Gasteiger partial charge in [0.15, 0.2) is 12.4 Å². The van der Waals surface area contributed by atoms with Gasteiger partial charge in [-0.3, -0.25) is 4.79 Å². The first kappa shape index (κ1) is 54.7. The molecule has 1 saturated carbocycles. The number of carbonyl (C=O) groups excluding carboxylic acids is 1. The summed E-state index contributed by atoms with van der Waals surface area (Å²) >= 11 is 0. The van der Waals surface area contributed by atoms with E-state index in [1.54, 1.807) is 0 Å². The molecule has 0 amide bonds. The number of azide groups is 1. The van der Waals surface area contributed by atoms with E-state index in [1.165, 1.54) is 6.92 Å². The third-order valence-corrected chi connectivity index (χ3v) is 13.4. The maximum Gasteiger partial charge on any atom is 0.303 e. The number of hydrogen-bond acceptors (Lipinski definition) is 12. The van der Waals surface area contributed by atoms with E-state index in [4.69, 9.17) is 47.4 Å². The normalized spacial score (nSPS) is 24.1. The van der Waals surface area contributed by atoms with Gasteiger partial charge in [-0.25, -0.2) is 0 Å². The monoisotopic (exact) mass is 1040 g/mol. The second kappa shape index (κ2) is 28.9. The van der Waals surface area contributed by atoms with Crippen LogP contribution in [0.2, 0.25) is 0 Å². The van der Waals surface area contributed by atoms with Gasteiger partial charge in [0.1, 0.15) is 54.9 Å². The van der Waals surface area contributed by atoms with Crippen LogP contribution in [0.15, 0.2) is 217 Å². The molecule has 7 aromatic rings. The fourth-order valence-corrected chi connectivity index (χ4v) is 9.70. The highest BCUT2D eigenvalue weighted by molar-refractivity contribution is 5.66. The molecular weight excluding hydrogens is 975 g/mol. The van der Waals surface area contributed by atoms with Crippen LogP contribution in [0.4, 0.5) is 0 Å². The zero-order valence-electron chi connectivity index (χ0n) is 43.0. The van der Waals surface area contributed by atoms with Crippen LogP contribution < -0.4 is 0 Å².